The fourth-order valence-electron chi connectivity index (χ4n) is 2.94. The van der Waals surface area contributed by atoms with Crippen LogP contribution in [0.3, 0.4) is 0 Å². The highest BCUT2D eigenvalue weighted by Crippen LogP contribution is 2.37. The van der Waals surface area contributed by atoms with Crippen LogP contribution in [0.4, 0.5) is 0 Å². The van der Waals surface area contributed by atoms with Gasteiger partial charge in [-0.3, -0.25) is 0 Å². The van der Waals surface area contributed by atoms with E-state index in [1.165, 1.54) is 21.5 Å². The number of thiazole rings is 1. The number of fused-ring (bicyclic) bond motifs is 7. The third kappa shape index (κ3) is 1.10. The Kier molecular flexibility index (Phi) is 1.39. The topological polar surface area (TPSA) is 34.6 Å². The molecule has 5 heteroatoms. The maximum Gasteiger partial charge on any atom is 0.291 e. The second-order valence-electron chi connectivity index (χ2n) is 4.87. The molecule has 0 spiro atoms. The minimum absolute atomic E-state index is 0.507. The average Bonchev–Trinajstić information content (AvgIpc) is 3.12. The molecule has 0 saturated carbocycles. The van der Waals surface area contributed by atoms with Crippen molar-refractivity contribution in [2.24, 2.45) is 6.98 Å². The van der Waals surface area contributed by atoms with E-state index in [0.29, 0.717) is 12.2 Å². The molecule has 4 aromatic rings. The molecule has 0 bridgehead atoms. The lowest BCUT2D eigenvalue weighted by molar-refractivity contribution is -0.641. The molecule has 4 nitrogen and oxygen atoms in total. The zero-order valence-electron chi connectivity index (χ0n) is 13.4. The summed E-state index contributed by atoms with van der Waals surface area (Å²) in [5.41, 5.74) is 3.55. The number of nitrogens with zero attached hydrogens (tertiary/aromatic N) is 4. The van der Waals surface area contributed by atoms with E-state index in [-0.39, 0.29) is 0 Å². The first-order valence-corrected chi connectivity index (χ1v) is 7.14. The van der Waals surface area contributed by atoms with E-state index >= 15 is 0 Å². The summed E-state index contributed by atoms with van der Waals surface area (Å²) >= 11 is 1.47. The van der Waals surface area contributed by atoms with Crippen LogP contribution in [-0.2, 0) is 13.5 Å². The summed E-state index contributed by atoms with van der Waals surface area (Å²) in [6.07, 6.45) is 3.41. The SMILES string of the molecule is [2H]C([2H])([2H])n1c2ncccc2c2c1sc1[n+]2Cc2cccnc2-1. The van der Waals surface area contributed by atoms with Crippen LogP contribution >= 0.6 is 11.3 Å². The van der Waals surface area contributed by atoms with Crippen LogP contribution in [0.15, 0.2) is 36.7 Å². The summed E-state index contributed by atoms with van der Waals surface area (Å²) < 4.78 is 27.2. The van der Waals surface area contributed by atoms with E-state index in [9.17, 15) is 0 Å². The third-order valence-corrected chi connectivity index (χ3v) is 4.97. The first-order chi connectivity index (χ1) is 11.1. The molecule has 4 aromatic heterocycles. The Morgan fingerprint density at radius 2 is 2.20 bits per heavy atom. The maximum atomic E-state index is 7.89. The quantitative estimate of drug-likeness (QED) is 0.409. The van der Waals surface area contributed by atoms with E-state index in [2.05, 4.69) is 20.6 Å². The predicted molar refractivity (Wildman–Crippen MR) is 78.6 cm³/mol. The molecule has 0 aliphatic carbocycles. The fraction of sp³-hybridized carbons (Fsp3) is 0.133. The average molecular weight is 282 g/mol. The summed E-state index contributed by atoms with van der Waals surface area (Å²) in [4.78, 5) is 9.51. The second-order valence-corrected chi connectivity index (χ2v) is 5.85. The highest BCUT2D eigenvalue weighted by Gasteiger charge is 2.35. The maximum absolute atomic E-state index is 7.89. The standard InChI is InChI=1S/C15H11N4S/c1-18-13-10(5-3-7-17-13)12-15(18)20-14-11-9(8-19(12)14)4-2-6-16-11/h2-7H,8H2,1H3/q+1/i1D3. The zero-order chi connectivity index (χ0) is 15.8. The molecule has 0 atom stereocenters. The Balaban J connectivity index is 1.96. The summed E-state index contributed by atoms with van der Waals surface area (Å²) in [5.74, 6) is 0. The van der Waals surface area contributed by atoms with Crippen molar-refractivity contribution in [3.05, 3.63) is 42.2 Å². The van der Waals surface area contributed by atoms with Gasteiger partial charge < -0.3 is 4.57 Å². The Bertz CT molecular complexity index is 1090. The smallest absolute Gasteiger partial charge is 0.291 e. The fourth-order valence-corrected chi connectivity index (χ4v) is 4.16. The highest BCUT2D eigenvalue weighted by atomic mass is 32.1. The van der Waals surface area contributed by atoms with Crippen LogP contribution in [0.2, 0.25) is 0 Å². The van der Waals surface area contributed by atoms with Gasteiger partial charge in [-0.2, -0.15) is 4.57 Å². The number of pyridine rings is 2. The molecular formula is C15H11N4S+. The van der Waals surface area contributed by atoms with Gasteiger partial charge >= 0.3 is 0 Å². The zero-order valence-corrected chi connectivity index (χ0v) is 11.2. The molecule has 0 amide bonds. The molecule has 1 aliphatic heterocycles. The normalized spacial score (nSPS) is 15.9. The summed E-state index contributed by atoms with van der Waals surface area (Å²) in [5, 5.41) is 1.88. The predicted octanol–water partition coefficient (Wildman–Crippen LogP) is 2.50. The number of aryl methyl sites for hydroxylation is 1. The Morgan fingerprint density at radius 3 is 3.15 bits per heavy atom. The van der Waals surface area contributed by atoms with Crippen molar-refractivity contribution in [2.45, 2.75) is 6.54 Å². The molecule has 1 aliphatic rings. The van der Waals surface area contributed by atoms with Crippen LogP contribution < -0.4 is 4.57 Å². The van der Waals surface area contributed by atoms with E-state index in [1.807, 2.05) is 18.2 Å². The van der Waals surface area contributed by atoms with Gasteiger partial charge in [-0.1, -0.05) is 0 Å². The largest absolute Gasteiger partial charge is 0.315 e. The molecule has 96 valence electrons. The molecular weight excluding hydrogens is 268 g/mol. The van der Waals surface area contributed by atoms with Crippen LogP contribution in [-0.4, -0.2) is 14.5 Å². The van der Waals surface area contributed by atoms with Gasteiger partial charge in [0, 0.05) is 23.5 Å². The Labute approximate surface area is 123 Å². The van der Waals surface area contributed by atoms with E-state index < -0.39 is 6.98 Å². The van der Waals surface area contributed by atoms with Crippen LogP contribution in [0, 0.1) is 0 Å². The molecule has 0 N–H and O–H groups in total. The van der Waals surface area contributed by atoms with Crippen LogP contribution in [0.25, 0.3) is 32.1 Å². The van der Waals surface area contributed by atoms with E-state index in [4.69, 9.17) is 4.11 Å². The van der Waals surface area contributed by atoms with Crippen molar-refractivity contribution in [1.82, 2.24) is 14.5 Å². The molecule has 5 rings (SSSR count). The molecule has 0 saturated heterocycles. The molecule has 5 heterocycles. The molecule has 0 aromatic carbocycles. The summed E-state index contributed by atoms with van der Waals surface area (Å²) in [7, 11) is 0. The van der Waals surface area contributed by atoms with Gasteiger partial charge in [0.1, 0.15) is 5.65 Å². The number of hydrogen-bond donors (Lipinski definition) is 0. The number of aromatic nitrogens is 4. The third-order valence-electron chi connectivity index (χ3n) is 3.79. The Hall–Kier alpha value is -2.27. The monoisotopic (exact) mass is 282 g/mol. The lowest BCUT2D eigenvalue weighted by Crippen LogP contribution is -2.30. The van der Waals surface area contributed by atoms with Crippen molar-refractivity contribution in [3.8, 4) is 10.7 Å². The van der Waals surface area contributed by atoms with Crippen molar-refractivity contribution in [3.63, 3.8) is 0 Å². The van der Waals surface area contributed by atoms with Gasteiger partial charge in [-0.15, -0.1) is 0 Å². The van der Waals surface area contributed by atoms with Gasteiger partial charge in [0.05, 0.1) is 10.9 Å². The lowest BCUT2D eigenvalue weighted by Gasteiger charge is -1.92. The van der Waals surface area contributed by atoms with Crippen LogP contribution in [0.1, 0.15) is 9.68 Å². The van der Waals surface area contributed by atoms with Crippen molar-refractivity contribution in [2.75, 3.05) is 0 Å². The van der Waals surface area contributed by atoms with Crippen molar-refractivity contribution >= 4 is 32.7 Å². The first-order valence-electron chi connectivity index (χ1n) is 7.82. The van der Waals surface area contributed by atoms with Crippen molar-refractivity contribution in [1.29, 1.82) is 0 Å². The summed E-state index contributed by atoms with van der Waals surface area (Å²) in [6.45, 7) is -1.55. The van der Waals surface area contributed by atoms with E-state index in [0.717, 1.165) is 26.4 Å². The first kappa shape index (κ1) is 8.11. The summed E-state index contributed by atoms with van der Waals surface area (Å²) in [6, 6.07) is 7.77. The highest BCUT2D eigenvalue weighted by molar-refractivity contribution is 7.21. The minimum atomic E-state index is -2.26. The lowest BCUT2D eigenvalue weighted by atomic mass is 10.2. The second kappa shape index (κ2) is 3.43. The molecule has 0 fully saturated rings. The van der Waals surface area contributed by atoms with Gasteiger partial charge in [0.2, 0.25) is 0 Å². The van der Waals surface area contributed by atoms with Crippen molar-refractivity contribution < 1.29 is 8.68 Å². The number of hydrogen-bond acceptors (Lipinski definition) is 3. The molecule has 0 radical (unpaired) electrons. The Morgan fingerprint density at radius 1 is 1.30 bits per heavy atom. The molecule has 0 unspecified atom stereocenters. The molecule has 20 heavy (non-hydrogen) atoms. The van der Waals surface area contributed by atoms with Gasteiger partial charge in [-0.25, -0.2) is 9.97 Å². The van der Waals surface area contributed by atoms with E-state index in [1.54, 1.807) is 12.4 Å². The van der Waals surface area contributed by atoms with Gasteiger partial charge in [0.25, 0.3) is 10.5 Å². The van der Waals surface area contributed by atoms with Gasteiger partial charge in [0.15, 0.2) is 17.1 Å². The number of rotatable bonds is 0. The van der Waals surface area contributed by atoms with Gasteiger partial charge in [-0.05, 0) is 35.6 Å². The van der Waals surface area contributed by atoms with Crippen LogP contribution in [0.5, 0.6) is 0 Å². The minimum Gasteiger partial charge on any atom is -0.315 e.